The maximum atomic E-state index is 15.5. The van der Waals surface area contributed by atoms with Crippen molar-refractivity contribution in [1.82, 2.24) is 0 Å². The zero-order chi connectivity index (χ0) is 30.4. The summed E-state index contributed by atoms with van der Waals surface area (Å²) in [6.45, 7) is 0. The Morgan fingerprint density at radius 2 is 1.02 bits per heavy atom. The standard InChI is InChI=1S/C24H4ClF9O6/c25-16-8(26)4-7(20(30)36)11(22(32)38)13(16)12-10(5-2-1-3-6(19(29)35)9(5)21(31)37)17(27)18(28)15(24(34)40)14(12)23(33)39/h1-4H. The van der Waals surface area contributed by atoms with E-state index in [-0.39, 0.29) is 6.07 Å². The minimum Gasteiger partial charge on any atom is -0.255 e. The molecule has 0 spiro atoms. The van der Waals surface area contributed by atoms with E-state index >= 15 is 4.39 Å². The van der Waals surface area contributed by atoms with Crippen LogP contribution in [0, 0.1) is 17.5 Å². The lowest BCUT2D eigenvalue weighted by Gasteiger charge is -2.21. The lowest BCUT2D eigenvalue weighted by molar-refractivity contribution is 0.0790. The van der Waals surface area contributed by atoms with E-state index in [1.807, 2.05) is 0 Å². The molecular formula is C24H4ClF9O6. The third kappa shape index (κ3) is 4.79. The molecular weight excluding hydrogens is 591 g/mol. The van der Waals surface area contributed by atoms with Gasteiger partial charge in [0, 0.05) is 16.7 Å². The molecule has 0 atom stereocenters. The molecule has 0 aliphatic carbocycles. The molecule has 0 bridgehead atoms. The predicted molar refractivity (Wildman–Crippen MR) is 115 cm³/mol. The Morgan fingerprint density at radius 3 is 1.48 bits per heavy atom. The Hall–Kier alpha value is -4.66. The third-order valence-electron chi connectivity index (χ3n) is 5.39. The molecule has 0 amide bonds. The van der Waals surface area contributed by atoms with E-state index in [2.05, 4.69) is 0 Å². The van der Waals surface area contributed by atoms with E-state index in [9.17, 15) is 63.9 Å². The molecule has 0 aromatic heterocycles. The lowest BCUT2D eigenvalue weighted by atomic mass is 9.82. The van der Waals surface area contributed by atoms with Gasteiger partial charge in [0.1, 0.15) is 11.4 Å². The fourth-order valence-corrected chi connectivity index (χ4v) is 4.17. The average molecular weight is 595 g/mol. The van der Waals surface area contributed by atoms with Crippen LogP contribution in [-0.4, -0.2) is 36.2 Å². The monoisotopic (exact) mass is 594 g/mol. The van der Waals surface area contributed by atoms with Crippen molar-refractivity contribution in [2.45, 2.75) is 0 Å². The molecule has 3 aromatic rings. The summed E-state index contributed by atoms with van der Waals surface area (Å²) in [6.07, 6.45) is 0. The molecule has 3 aromatic carbocycles. The van der Waals surface area contributed by atoms with Crippen molar-refractivity contribution in [2.75, 3.05) is 0 Å². The normalized spacial score (nSPS) is 10.8. The minimum absolute atomic E-state index is 0.197. The highest BCUT2D eigenvalue weighted by Gasteiger charge is 2.39. The molecule has 16 heteroatoms. The van der Waals surface area contributed by atoms with Gasteiger partial charge in [-0.05, 0) is 17.7 Å². The van der Waals surface area contributed by atoms with Crippen LogP contribution in [0.1, 0.15) is 62.1 Å². The molecule has 0 fully saturated rings. The molecule has 0 aliphatic rings. The van der Waals surface area contributed by atoms with Crippen LogP contribution in [0.3, 0.4) is 0 Å². The van der Waals surface area contributed by atoms with Gasteiger partial charge in [-0.25, -0.2) is 13.2 Å². The lowest BCUT2D eigenvalue weighted by Crippen LogP contribution is -2.16. The van der Waals surface area contributed by atoms with Crippen LogP contribution in [-0.2, 0) is 0 Å². The summed E-state index contributed by atoms with van der Waals surface area (Å²) in [5.41, 5.74) is -19.2. The van der Waals surface area contributed by atoms with Gasteiger partial charge >= 0.3 is 36.2 Å². The third-order valence-corrected chi connectivity index (χ3v) is 5.76. The maximum Gasteiger partial charge on any atom is 0.336 e. The Bertz CT molecular complexity index is 1720. The van der Waals surface area contributed by atoms with Crippen LogP contribution < -0.4 is 0 Å². The number of hydrogen-bond donors (Lipinski definition) is 0. The topological polar surface area (TPSA) is 102 Å². The van der Waals surface area contributed by atoms with Crippen molar-refractivity contribution < 1.29 is 68.3 Å². The van der Waals surface area contributed by atoms with Gasteiger partial charge in [-0.1, -0.05) is 23.7 Å². The van der Waals surface area contributed by atoms with Crippen molar-refractivity contribution in [3.8, 4) is 22.3 Å². The van der Waals surface area contributed by atoms with Gasteiger partial charge in [-0.2, -0.15) is 26.3 Å². The second kappa shape index (κ2) is 10.8. The molecule has 0 saturated carbocycles. The molecule has 0 unspecified atom stereocenters. The smallest absolute Gasteiger partial charge is 0.255 e. The van der Waals surface area contributed by atoms with Gasteiger partial charge < -0.3 is 0 Å². The summed E-state index contributed by atoms with van der Waals surface area (Å²) >= 11 is 5.69. The van der Waals surface area contributed by atoms with Crippen molar-refractivity contribution in [1.29, 1.82) is 0 Å². The van der Waals surface area contributed by atoms with Crippen LogP contribution in [0.4, 0.5) is 39.5 Å². The summed E-state index contributed by atoms with van der Waals surface area (Å²) in [5.74, 6) is -7.38. The van der Waals surface area contributed by atoms with Gasteiger partial charge in [0.05, 0.1) is 32.8 Å². The molecule has 0 aliphatic heterocycles. The number of carbonyl (C=O) groups excluding carboxylic acids is 6. The highest BCUT2D eigenvalue weighted by Crippen LogP contribution is 2.48. The van der Waals surface area contributed by atoms with Gasteiger partial charge in [-0.15, -0.1) is 0 Å². The first-order chi connectivity index (χ1) is 18.5. The van der Waals surface area contributed by atoms with Crippen LogP contribution in [0.5, 0.6) is 0 Å². The van der Waals surface area contributed by atoms with Crippen LogP contribution in [0.25, 0.3) is 22.3 Å². The summed E-state index contributed by atoms with van der Waals surface area (Å²) in [6, 6.07) is -16.2. The van der Waals surface area contributed by atoms with Crippen molar-refractivity contribution in [3.05, 3.63) is 80.1 Å². The fourth-order valence-electron chi connectivity index (χ4n) is 3.93. The Morgan fingerprint density at radius 1 is 0.525 bits per heavy atom. The van der Waals surface area contributed by atoms with E-state index in [4.69, 9.17) is 11.6 Å². The molecule has 206 valence electrons. The number of halogens is 10. The van der Waals surface area contributed by atoms with Gasteiger partial charge in [0.25, 0.3) is 0 Å². The van der Waals surface area contributed by atoms with Gasteiger partial charge in [-0.3, -0.25) is 28.8 Å². The first-order valence-corrected chi connectivity index (χ1v) is 10.3. The molecule has 0 saturated heterocycles. The number of rotatable bonds is 8. The van der Waals surface area contributed by atoms with E-state index in [1.165, 1.54) is 0 Å². The van der Waals surface area contributed by atoms with Crippen molar-refractivity contribution in [2.24, 2.45) is 0 Å². The Balaban J connectivity index is 2.90. The maximum absolute atomic E-state index is 15.5. The zero-order valence-electron chi connectivity index (χ0n) is 18.5. The Labute approximate surface area is 218 Å². The second-order valence-corrected chi connectivity index (χ2v) is 7.85. The average Bonchev–Trinajstić information content (AvgIpc) is 2.85. The second-order valence-electron chi connectivity index (χ2n) is 7.47. The first-order valence-electron chi connectivity index (χ1n) is 9.94. The summed E-state index contributed by atoms with van der Waals surface area (Å²) in [7, 11) is 0. The molecule has 3 rings (SSSR count). The molecule has 6 nitrogen and oxygen atoms in total. The zero-order valence-corrected chi connectivity index (χ0v) is 19.3. The fraction of sp³-hybridized carbons (Fsp3) is 0. The molecule has 0 radical (unpaired) electrons. The SMILES string of the molecule is O=C(F)c1cccc(-c2c(F)c(F)c(C(=O)F)c(C(=O)F)c2-c2c(Cl)c(F)cc(C(=O)F)c2C(=O)F)c1C(=O)F. The summed E-state index contributed by atoms with van der Waals surface area (Å²) in [4.78, 5) is 69.6. The van der Waals surface area contributed by atoms with E-state index in [1.54, 1.807) is 0 Å². The van der Waals surface area contributed by atoms with Crippen molar-refractivity contribution in [3.63, 3.8) is 0 Å². The van der Waals surface area contributed by atoms with Crippen LogP contribution in [0.2, 0.25) is 5.02 Å². The van der Waals surface area contributed by atoms with Crippen molar-refractivity contribution >= 4 is 47.8 Å². The molecule has 0 heterocycles. The number of hydrogen-bond acceptors (Lipinski definition) is 6. The van der Waals surface area contributed by atoms with Gasteiger partial charge in [0.2, 0.25) is 0 Å². The highest BCUT2D eigenvalue weighted by atomic mass is 35.5. The largest absolute Gasteiger partial charge is 0.336 e. The molecule has 40 heavy (non-hydrogen) atoms. The van der Waals surface area contributed by atoms with Gasteiger partial charge in [0.15, 0.2) is 11.6 Å². The highest BCUT2D eigenvalue weighted by molar-refractivity contribution is 6.35. The van der Waals surface area contributed by atoms with E-state index < -0.39 is 114 Å². The Kier molecular flexibility index (Phi) is 8.10. The molecule has 0 N–H and O–H groups in total. The van der Waals surface area contributed by atoms with E-state index in [0.29, 0.717) is 18.2 Å². The number of carbonyl (C=O) groups is 6. The van der Waals surface area contributed by atoms with Crippen LogP contribution >= 0.6 is 11.6 Å². The van der Waals surface area contributed by atoms with Crippen LogP contribution in [0.15, 0.2) is 24.3 Å². The van der Waals surface area contributed by atoms with E-state index in [0.717, 1.165) is 0 Å². The quantitative estimate of drug-likeness (QED) is 0.211. The number of benzene rings is 3. The summed E-state index contributed by atoms with van der Waals surface area (Å²) < 4.78 is 129. The summed E-state index contributed by atoms with van der Waals surface area (Å²) in [5, 5.41) is -1.69. The first kappa shape index (κ1) is 29.9. The minimum atomic E-state index is -3.12. The predicted octanol–water partition coefficient (Wildman–Crippen LogP) is 6.75.